The Morgan fingerprint density at radius 3 is 2.71 bits per heavy atom. The Balaban J connectivity index is 2.64. The van der Waals surface area contributed by atoms with Crippen LogP contribution in [0, 0.1) is 11.6 Å². The van der Waals surface area contributed by atoms with Crippen LogP contribution in [-0.2, 0) is 6.42 Å². The van der Waals surface area contributed by atoms with E-state index in [1.807, 2.05) is 6.26 Å². The lowest BCUT2D eigenvalue weighted by molar-refractivity contribution is 0.524. The molecule has 0 saturated carbocycles. The molecule has 0 aliphatic heterocycles. The van der Waals surface area contributed by atoms with Crippen molar-refractivity contribution < 1.29 is 8.78 Å². The Hall–Kier alpha value is -0.610. The van der Waals surface area contributed by atoms with Gasteiger partial charge in [0.1, 0.15) is 11.6 Å². The van der Waals surface area contributed by atoms with Crippen LogP contribution >= 0.6 is 11.8 Å². The van der Waals surface area contributed by atoms with E-state index in [0.717, 1.165) is 24.8 Å². The molecule has 0 saturated heterocycles. The van der Waals surface area contributed by atoms with E-state index >= 15 is 0 Å². The number of nitrogens with one attached hydrogen (secondary N) is 1. The largest absolute Gasteiger partial charge is 0.313 e. The van der Waals surface area contributed by atoms with Gasteiger partial charge in [-0.3, -0.25) is 0 Å². The molecule has 1 nitrogen and oxygen atoms in total. The minimum absolute atomic E-state index is 0.241. The third-order valence-corrected chi connectivity index (χ3v) is 3.27. The van der Waals surface area contributed by atoms with Crippen LogP contribution in [0.5, 0.6) is 0 Å². The normalized spacial score (nSPS) is 12.7. The lowest BCUT2D eigenvalue weighted by atomic mass is 10.1. The second-order valence-electron chi connectivity index (χ2n) is 4.05. The van der Waals surface area contributed by atoms with E-state index in [1.165, 1.54) is 12.1 Å². The Morgan fingerprint density at radius 1 is 1.35 bits per heavy atom. The Bertz CT molecular complexity index is 344. The molecule has 0 bridgehead atoms. The maximum absolute atomic E-state index is 13.5. The first-order chi connectivity index (χ1) is 8.17. The third kappa shape index (κ3) is 5.04. The van der Waals surface area contributed by atoms with Crippen molar-refractivity contribution in [3.8, 4) is 0 Å². The van der Waals surface area contributed by atoms with Crippen LogP contribution in [0.25, 0.3) is 0 Å². The molecule has 1 atom stereocenters. The minimum Gasteiger partial charge on any atom is -0.313 e. The molecule has 1 unspecified atom stereocenters. The second kappa shape index (κ2) is 7.67. The summed E-state index contributed by atoms with van der Waals surface area (Å²) in [7, 11) is 0. The van der Waals surface area contributed by atoms with Gasteiger partial charge in [0.05, 0.1) is 0 Å². The van der Waals surface area contributed by atoms with Crippen molar-refractivity contribution in [1.82, 2.24) is 5.32 Å². The smallest absolute Gasteiger partial charge is 0.129 e. The highest BCUT2D eigenvalue weighted by Gasteiger charge is 2.11. The summed E-state index contributed by atoms with van der Waals surface area (Å²) in [4.78, 5) is 0. The molecular weight excluding hydrogens is 240 g/mol. The molecule has 1 aromatic carbocycles. The molecule has 0 amide bonds. The third-order valence-electron chi connectivity index (χ3n) is 2.53. The van der Waals surface area contributed by atoms with E-state index in [9.17, 15) is 8.78 Å². The van der Waals surface area contributed by atoms with Gasteiger partial charge < -0.3 is 5.32 Å². The molecule has 1 rings (SSSR count). The van der Waals surface area contributed by atoms with Gasteiger partial charge in [-0.2, -0.15) is 11.8 Å². The van der Waals surface area contributed by atoms with Crippen molar-refractivity contribution in [2.45, 2.75) is 25.8 Å². The molecule has 0 heterocycles. The molecule has 0 spiro atoms. The van der Waals surface area contributed by atoms with Gasteiger partial charge in [0.15, 0.2) is 0 Å². The van der Waals surface area contributed by atoms with Crippen molar-refractivity contribution in [2.24, 2.45) is 0 Å². The van der Waals surface area contributed by atoms with Crippen LogP contribution in [-0.4, -0.2) is 24.6 Å². The molecule has 1 N–H and O–H groups in total. The standard InChI is InChI=1S/C13H19F2NS/c1-3-6-16-12(9-17-2)7-10-4-5-11(14)8-13(10)15/h4-5,8,12,16H,3,6-7,9H2,1-2H3. The molecule has 0 aliphatic rings. The highest BCUT2D eigenvalue weighted by atomic mass is 32.2. The van der Waals surface area contributed by atoms with E-state index in [1.54, 1.807) is 11.8 Å². The summed E-state index contributed by atoms with van der Waals surface area (Å²) < 4.78 is 26.3. The lowest BCUT2D eigenvalue weighted by Crippen LogP contribution is -2.34. The van der Waals surface area contributed by atoms with Gasteiger partial charge in [-0.25, -0.2) is 8.78 Å². The number of hydrogen-bond acceptors (Lipinski definition) is 2. The first kappa shape index (κ1) is 14.5. The van der Waals surface area contributed by atoms with Crippen LogP contribution < -0.4 is 5.32 Å². The van der Waals surface area contributed by atoms with Gasteiger partial charge in [0, 0.05) is 17.9 Å². The maximum atomic E-state index is 13.5. The SMILES string of the molecule is CCCNC(CSC)Cc1ccc(F)cc1F. The van der Waals surface area contributed by atoms with E-state index in [-0.39, 0.29) is 6.04 Å². The average Bonchev–Trinajstić information content (AvgIpc) is 2.29. The fraction of sp³-hybridized carbons (Fsp3) is 0.538. The fourth-order valence-corrected chi connectivity index (χ4v) is 2.33. The van der Waals surface area contributed by atoms with Gasteiger partial charge in [0.2, 0.25) is 0 Å². The molecule has 4 heteroatoms. The van der Waals surface area contributed by atoms with Crippen molar-refractivity contribution >= 4 is 11.8 Å². The van der Waals surface area contributed by atoms with Crippen molar-refractivity contribution in [3.63, 3.8) is 0 Å². The highest BCUT2D eigenvalue weighted by molar-refractivity contribution is 7.98. The van der Waals surface area contributed by atoms with Gasteiger partial charge in [0.25, 0.3) is 0 Å². The van der Waals surface area contributed by atoms with Gasteiger partial charge >= 0.3 is 0 Å². The van der Waals surface area contributed by atoms with E-state index in [2.05, 4.69) is 12.2 Å². The zero-order valence-electron chi connectivity index (χ0n) is 10.3. The van der Waals surface area contributed by atoms with Crippen LogP contribution in [0.4, 0.5) is 8.78 Å². The van der Waals surface area contributed by atoms with Crippen LogP contribution in [0.2, 0.25) is 0 Å². The summed E-state index contributed by atoms with van der Waals surface area (Å²) in [6.45, 7) is 3.02. The number of halogens is 2. The van der Waals surface area contributed by atoms with Crippen LogP contribution in [0.1, 0.15) is 18.9 Å². The molecule has 96 valence electrons. The Morgan fingerprint density at radius 2 is 2.12 bits per heavy atom. The van der Waals surface area contributed by atoms with Gasteiger partial charge in [-0.05, 0) is 37.3 Å². The van der Waals surface area contributed by atoms with Crippen LogP contribution in [0.15, 0.2) is 18.2 Å². The lowest BCUT2D eigenvalue weighted by Gasteiger charge is -2.17. The number of hydrogen-bond donors (Lipinski definition) is 1. The Labute approximate surface area is 106 Å². The summed E-state index contributed by atoms with van der Waals surface area (Å²) in [5.74, 6) is -0.0415. The molecule has 17 heavy (non-hydrogen) atoms. The number of rotatable bonds is 7. The average molecular weight is 259 g/mol. The highest BCUT2D eigenvalue weighted by Crippen LogP contribution is 2.13. The summed E-state index contributed by atoms with van der Waals surface area (Å²) in [6, 6.07) is 4.04. The number of benzene rings is 1. The van der Waals surface area contributed by atoms with Crippen molar-refractivity contribution in [3.05, 3.63) is 35.4 Å². The maximum Gasteiger partial charge on any atom is 0.129 e. The fourth-order valence-electron chi connectivity index (χ4n) is 1.69. The van der Waals surface area contributed by atoms with E-state index in [4.69, 9.17) is 0 Å². The van der Waals surface area contributed by atoms with E-state index in [0.29, 0.717) is 12.0 Å². The first-order valence-corrected chi connectivity index (χ1v) is 7.23. The molecule has 0 aromatic heterocycles. The molecule has 0 fully saturated rings. The minimum atomic E-state index is -0.519. The predicted molar refractivity (Wildman–Crippen MR) is 70.5 cm³/mol. The van der Waals surface area contributed by atoms with Crippen molar-refractivity contribution in [2.75, 3.05) is 18.6 Å². The zero-order valence-corrected chi connectivity index (χ0v) is 11.1. The summed E-state index contributed by atoms with van der Waals surface area (Å²) in [5.41, 5.74) is 0.578. The molecule has 1 aromatic rings. The molecule has 0 aliphatic carbocycles. The predicted octanol–water partition coefficient (Wildman–Crippen LogP) is 3.24. The summed E-state index contributed by atoms with van der Waals surface area (Å²) >= 11 is 1.73. The number of thioether (sulfide) groups is 1. The Kier molecular flexibility index (Phi) is 6.52. The van der Waals surface area contributed by atoms with E-state index < -0.39 is 11.6 Å². The zero-order chi connectivity index (χ0) is 12.7. The molecular formula is C13H19F2NS. The quantitative estimate of drug-likeness (QED) is 0.807. The van der Waals surface area contributed by atoms with Gasteiger partial charge in [-0.1, -0.05) is 13.0 Å². The summed E-state index contributed by atoms with van der Waals surface area (Å²) in [5, 5.41) is 3.38. The topological polar surface area (TPSA) is 12.0 Å². The first-order valence-electron chi connectivity index (χ1n) is 5.83. The van der Waals surface area contributed by atoms with Crippen molar-refractivity contribution in [1.29, 1.82) is 0 Å². The van der Waals surface area contributed by atoms with Gasteiger partial charge in [-0.15, -0.1) is 0 Å². The van der Waals surface area contributed by atoms with Crippen LogP contribution in [0.3, 0.4) is 0 Å². The summed E-state index contributed by atoms with van der Waals surface area (Å²) in [6.07, 6.45) is 3.69. The second-order valence-corrected chi connectivity index (χ2v) is 4.96. The monoisotopic (exact) mass is 259 g/mol. The molecule has 0 radical (unpaired) electrons.